The SMILES string of the molecule is O/N=C/c1nc(C#Cc2cccnc2)cs1. The van der Waals surface area contributed by atoms with E-state index in [0.29, 0.717) is 10.7 Å². The maximum absolute atomic E-state index is 8.33. The molecular weight excluding hydrogens is 222 g/mol. The highest BCUT2D eigenvalue weighted by molar-refractivity contribution is 7.11. The molecule has 2 heterocycles. The van der Waals surface area contributed by atoms with E-state index in [1.807, 2.05) is 12.1 Å². The Hall–Kier alpha value is -2.19. The molecule has 0 bridgehead atoms. The van der Waals surface area contributed by atoms with E-state index in [-0.39, 0.29) is 0 Å². The molecule has 0 amide bonds. The molecular formula is C11H7N3OS. The Morgan fingerprint density at radius 1 is 1.44 bits per heavy atom. The van der Waals surface area contributed by atoms with E-state index in [2.05, 4.69) is 27.0 Å². The van der Waals surface area contributed by atoms with Crippen LogP contribution >= 0.6 is 11.3 Å². The molecule has 0 fully saturated rings. The minimum absolute atomic E-state index is 0.623. The predicted molar refractivity (Wildman–Crippen MR) is 61.7 cm³/mol. The van der Waals surface area contributed by atoms with Crippen LogP contribution in [-0.4, -0.2) is 21.4 Å². The van der Waals surface area contributed by atoms with Crippen molar-refractivity contribution in [1.29, 1.82) is 0 Å². The van der Waals surface area contributed by atoms with Gasteiger partial charge in [0.15, 0.2) is 0 Å². The molecule has 2 aromatic rings. The third-order valence-electron chi connectivity index (χ3n) is 1.69. The average molecular weight is 229 g/mol. The number of aromatic nitrogens is 2. The van der Waals surface area contributed by atoms with E-state index in [4.69, 9.17) is 5.21 Å². The average Bonchev–Trinajstić information content (AvgIpc) is 2.76. The van der Waals surface area contributed by atoms with Gasteiger partial charge in [-0.2, -0.15) is 0 Å². The molecule has 0 aromatic carbocycles. The van der Waals surface area contributed by atoms with Gasteiger partial charge in [0.2, 0.25) is 0 Å². The van der Waals surface area contributed by atoms with Crippen LogP contribution in [0.15, 0.2) is 35.1 Å². The molecule has 0 unspecified atom stereocenters. The fraction of sp³-hybridized carbons (Fsp3) is 0. The normalized spacial score (nSPS) is 10.0. The zero-order valence-electron chi connectivity index (χ0n) is 8.16. The quantitative estimate of drug-likeness (QED) is 0.351. The monoisotopic (exact) mass is 229 g/mol. The van der Waals surface area contributed by atoms with Crippen LogP contribution in [0.25, 0.3) is 0 Å². The lowest BCUT2D eigenvalue weighted by atomic mass is 10.3. The standard InChI is InChI=1S/C11H7N3OS/c15-13-7-11-14-10(8-16-11)4-3-9-2-1-5-12-6-9/h1-2,5-8,15H/b13-7+. The number of oxime groups is 1. The predicted octanol–water partition coefficient (Wildman–Crippen LogP) is 1.75. The Morgan fingerprint density at radius 2 is 2.38 bits per heavy atom. The van der Waals surface area contributed by atoms with E-state index >= 15 is 0 Å². The van der Waals surface area contributed by atoms with Crippen molar-refractivity contribution >= 4 is 17.6 Å². The first-order valence-corrected chi connectivity index (χ1v) is 5.31. The Bertz CT molecular complexity index is 551. The summed E-state index contributed by atoms with van der Waals surface area (Å²) in [6, 6.07) is 3.71. The van der Waals surface area contributed by atoms with Crippen molar-refractivity contribution in [2.24, 2.45) is 5.16 Å². The molecule has 1 N–H and O–H groups in total. The number of rotatable bonds is 1. The molecule has 0 aliphatic rings. The van der Waals surface area contributed by atoms with Gasteiger partial charge in [-0.1, -0.05) is 11.1 Å². The first-order chi connectivity index (χ1) is 7.88. The number of pyridine rings is 1. The van der Waals surface area contributed by atoms with Crippen molar-refractivity contribution in [2.45, 2.75) is 0 Å². The molecule has 16 heavy (non-hydrogen) atoms. The minimum Gasteiger partial charge on any atom is -0.411 e. The van der Waals surface area contributed by atoms with E-state index in [1.165, 1.54) is 17.6 Å². The Labute approximate surface area is 96.3 Å². The van der Waals surface area contributed by atoms with Crippen molar-refractivity contribution in [3.8, 4) is 11.8 Å². The highest BCUT2D eigenvalue weighted by Gasteiger charge is 1.95. The minimum atomic E-state index is 0.623. The Morgan fingerprint density at radius 3 is 3.12 bits per heavy atom. The van der Waals surface area contributed by atoms with Gasteiger partial charge in [0.1, 0.15) is 16.9 Å². The summed E-state index contributed by atoms with van der Waals surface area (Å²) >= 11 is 1.37. The van der Waals surface area contributed by atoms with Crippen molar-refractivity contribution < 1.29 is 5.21 Å². The van der Waals surface area contributed by atoms with Gasteiger partial charge < -0.3 is 5.21 Å². The maximum atomic E-state index is 8.33. The van der Waals surface area contributed by atoms with Gasteiger partial charge in [-0.05, 0) is 18.1 Å². The molecule has 5 heteroatoms. The van der Waals surface area contributed by atoms with Crippen molar-refractivity contribution in [2.75, 3.05) is 0 Å². The van der Waals surface area contributed by atoms with Crippen LogP contribution in [0.4, 0.5) is 0 Å². The van der Waals surface area contributed by atoms with Crippen LogP contribution < -0.4 is 0 Å². The van der Waals surface area contributed by atoms with Crippen molar-refractivity contribution in [3.63, 3.8) is 0 Å². The van der Waals surface area contributed by atoms with Gasteiger partial charge in [-0.3, -0.25) is 4.98 Å². The zero-order chi connectivity index (χ0) is 11.2. The van der Waals surface area contributed by atoms with Crippen LogP contribution in [0.3, 0.4) is 0 Å². The summed E-state index contributed by atoms with van der Waals surface area (Å²) in [7, 11) is 0. The summed E-state index contributed by atoms with van der Waals surface area (Å²) in [5, 5.41) is 13.7. The Balaban J connectivity index is 2.18. The van der Waals surface area contributed by atoms with Crippen LogP contribution in [0.1, 0.15) is 16.3 Å². The molecule has 0 saturated carbocycles. The third-order valence-corrected chi connectivity index (χ3v) is 2.47. The van der Waals surface area contributed by atoms with E-state index in [1.54, 1.807) is 17.8 Å². The van der Waals surface area contributed by atoms with Gasteiger partial charge in [0, 0.05) is 23.3 Å². The molecule has 4 nitrogen and oxygen atoms in total. The molecule has 78 valence electrons. The maximum Gasteiger partial charge on any atom is 0.139 e. The second-order valence-corrected chi connectivity index (χ2v) is 3.70. The second kappa shape index (κ2) is 5.05. The highest BCUT2D eigenvalue weighted by Crippen LogP contribution is 2.06. The van der Waals surface area contributed by atoms with Crippen LogP contribution in [0.5, 0.6) is 0 Å². The summed E-state index contributed by atoms with van der Waals surface area (Å²) in [5.41, 5.74) is 1.50. The summed E-state index contributed by atoms with van der Waals surface area (Å²) in [5.74, 6) is 5.85. The fourth-order valence-electron chi connectivity index (χ4n) is 1.03. The highest BCUT2D eigenvalue weighted by atomic mass is 32.1. The van der Waals surface area contributed by atoms with Crippen LogP contribution in [-0.2, 0) is 0 Å². The lowest BCUT2D eigenvalue weighted by Crippen LogP contribution is -1.80. The third kappa shape index (κ3) is 2.65. The number of thiazole rings is 1. The summed E-state index contributed by atoms with van der Waals surface area (Å²) in [6.45, 7) is 0. The number of nitrogens with zero attached hydrogens (tertiary/aromatic N) is 3. The number of hydrogen-bond donors (Lipinski definition) is 1. The molecule has 0 atom stereocenters. The van der Waals surface area contributed by atoms with E-state index < -0.39 is 0 Å². The van der Waals surface area contributed by atoms with Gasteiger partial charge in [0.25, 0.3) is 0 Å². The Kier molecular flexibility index (Phi) is 3.26. The van der Waals surface area contributed by atoms with Gasteiger partial charge in [0.05, 0.1) is 0 Å². The fourth-order valence-corrected chi connectivity index (χ4v) is 1.63. The summed E-state index contributed by atoms with van der Waals surface area (Å²) < 4.78 is 0. The number of hydrogen-bond acceptors (Lipinski definition) is 5. The van der Waals surface area contributed by atoms with E-state index in [9.17, 15) is 0 Å². The lowest BCUT2D eigenvalue weighted by molar-refractivity contribution is 0.322. The van der Waals surface area contributed by atoms with Gasteiger partial charge in [-0.15, -0.1) is 11.3 Å². The summed E-state index contributed by atoms with van der Waals surface area (Å²) in [4.78, 5) is 8.09. The van der Waals surface area contributed by atoms with Gasteiger partial charge in [-0.25, -0.2) is 4.98 Å². The van der Waals surface area contributed by atoms with Gasteiger partial charge >= 0.3 is 0 Å². The smallest absolute Gasteiger partial charge is 0.139 e. The molecule has 0 spiro atoms. The zero-order valence-corrected chi connectivity index (χ0v) is 8.98. The van der Waals surface area contributed by atoms with Crippen LogP contribution in [0.2, 0.25) is 0 Å². The van der Waals surface area contributed by atoms with Crippen molar-refractivity contribution in [1.82, 2.24) is 9.97 Å². The molecule has 2 aromatic heterocycles. The molecule has 0 saturated heterocycles. The molecule has 0 radical (unpaired) electrons. The molecule has 0 aliphatic carbocycles. The van der Waals surface area contributed by atoms with Crippen LogP contribution in [0, 0.1) is 11.8 Å². The lowest BCUT2D eigenvalue weighted by Gasteiger charge is -1.84. The summed E-state index contributed by atoms with van der Waals surface area (Å²) in [6.07, 6.45) is 4.67. The van der Waals surface area contributed by atoms with Crippen molar-refractivity contribution in [3.05, 3.63) is 46.2 Å². The largest absolute Gasteiger partial charge is 0.411 e. The topological polar surface area (TPSA) is 58.4 Å². The second-order valence-electron chi connectivity index (χ2n) is 2.81. The van der Waals surface area contributed by atoms with E-state index in [0.717, 1.165) is 5.56 Å². The first kappa shape index (κ1) is 10.3. The first-order valence-electron chi connectivity index (χ1n) is 4.43. The molecule has 0 aliphatic heterocycles. The molecule has 2 rings (SSSR count).